The lowest BCUT2D eigenvalue weighted by Gasteiger charge is -2.24. The van der Waals surface area contributed by atoms with E-state index in [0.29, 0.717) is 5.69 Å². The van der Waals surface area contributed by atoms with E-state index in [4.69, 9.17) is 0 Å². The molecule has 0 spiro atoms. The minimum Gasteiger partial charge on any atom is -0.478 e. The number of para-hydroxylation sites is 2. The number of hydrogen-bond donors (Lipinski definition) is 2. The van der Waals surface area contributed by atoms with Crippen LogP contribution in [-0.2, 0) is 0 Å². The number of rotatable bonds is 4. The number of nitrogens with two attached hydrogens (primary N) is 1. The smallest absolute Gasteiger partial charge is 0.337 e. The van der Waals surface area contributed by atoms with E-state index in [9.17, 15) is 9.90 Å². The Morgan fingerprint density at radius 2 is 1.46 bits per heavy atom. The van der Waals surface area contributed by atoms with Crippen LogP contribution in [0.5, 0.6) is 0 Å². The van der Waals surface area contributed by atoms with Gasteiger partial charge in [-0.3, -0.25) is 0 Å². The highest BCUT2D eigenvalue weighted by molar-refractivity contribution is 5.97. The largest absolute Gasteiger partial charge is 0.478 e. The van der Waals surface area contributed by atoms with Gasteiger partial charge in [-0.15, -0.1) is 10.2 Å². The standard InChI is InChI=1S/C20H16N4O2/c25-20(26)17-13-7-8-14-18(17)24-22-19(15-9-3-1-4-10-15)21-23(24)16-11-5-2-6-12-16/h1-14H,(H,21,22)(H,25,26)/p+1. The number of quaternary nitrogens is 1. The second-order valence-corrected chi connectivity index (χ2v) is 5.77. The van der Waals surface area contributed by atoms with Crippen molar-refractivity contribution < 1.29 is 15.3 Å². The Labute approximate surface area is 150 Å². The Kier molecular flexibility index (Phi) is 4.09. The van der Waals surface area contributed by atoms with Gasteiger partial charge in [0.15, 0.2) is 0 Å². The fourth-order valence-electron chi connectivity index (χ4n) is 2.85. The average molecular weight is 345 g/mol. The lowest BCUT2D eigenvalue weighted by Crippen LogP contribution is -2.96. The molecule has 6 nitrogen and oxygen atoms in total. The van der Waals surface area contributed by atoms with Crippen LogP contribution >= 0.6 is 0 Å². The van der Waals surface area contributed by atoms with Crippen molar-refractivity contribution in [2.45, 2.75) is 0 Å². The molecule has 0 radical (unpaired) electrons. The quantitative estimate of drug-likeness (QED) is 0.713. The number of hydrogen-bond acceptors (Lipinski definition) is 4. The molecule has 3 aromatic rings. The molecule has 3 N–H and O–H groups in total. The third kappa shape index (κ3) is 2.89. The highest BCUT2D eigenvalue weighted by Gasteiger charge is 2.33. The summed E-state index contributed by atoms with van der Waals surface area (Å²) in [6, 6.07) is 26.4. The summed E-state index contributed by atoms with van der Waals surface area (Å²) < 4.78 is 0. The van der Waals surface area contributed by atoms with Gasteiger partial charge in [-0.05, 0) is 36.4 Å². The maximum Gasteiger partial charge on any atom is 0.337 e. The van der Waals surface area contributed by atoms with Crippen molar-refractivity contribution in [1.82, 2.24) is 0 Å². The van der Waals surface area contributed by atoms with Gasteiger partial charge in [-0.2, -0.15) is 5.43 Å². The lowest BCUT2D eigenvalue weighted by atomic mass is 10.2. The molecule has 6 heteroatoms. The average Bonchev–Trinajstić information content (AvgIpc) is 3.14. The number of amidine groups is 1. The number of benzene rings is 3. The van der Waals surface area contributed by atoms with Gasteiger partial charge in [0, 0.05) is 0 Å². The topological polar surface area (TPSA) is 72.7 Å². The molecule has 0 saturated carbocycles. The molecular formula is C20H17N4O2+. The van der Waals surface area contributed by atoms with Crippen LogP contribution in [0.2, 0.25) is 0 Å². The molecule has 0 fully saturated rings. The second kappa shape index (κ2) is 6.70. The summed E-state index contributed by atoms with van der Waals surface area (Å²) >= 11 is 0. The molecule has 26 heavy (non-hydrogen) atoms. The van der Waals surface area contributed by atoms with Crippen molar-refractivity contribution in [3.63, 3.8) is 0 Å². The molecule has 1 aliphatic heterocycles. The normalized spacial score (nSPS) is 13.6. The van der Waals surface area contributed by atoms with Gasteiger partial charge in [-0.25, -0.2) is 4.79 Å². The van der Waals surface area contributed by atoms with Gasteiger partial charge in [-0.1, -0.05) is 53.6 Å². The summed E-state index contributed by atoms with van der Waals surface area (Å²) in [4.78, 5) is 11.7. The van der Waals surface area contributed by atoms with E-state index in [0.717, 1.165) is 17.1 Å². The first-order chi connectivity index (χ1) is 12.7. The molecule has 0 aromatic heterocycles. The second-order valence-electron chi connectivity index (χ2n) is 5.77. The minimum atomic E-state index is -0.989. The summed E-state index contributed by atoms with van der Waals surface area (Å²) in [5.74, 6) is -0.230. The number of anilines is 2. The first-order valence-electron chi connectivity index (χ1n) is 8.19. The molecule has 1 heterocycles. The van der Waals surface area contributed by atoms with Crippen LogP contribution in [0.1, 0.15) is 15.9 Å². The Balaban J connectivity index is 1.82. The Bertz CT molecular complexity index is 958. The Morgan fingerprint density at radius 1 is 0.846 bits per heavy atom. The fourth-order valence-corrected chi connectivity index (χ4v) is 2.85. The summed E-state index contributed by atoms with van der Waals surface area (Å²) in [6.07, 6.45) is 0. The van der Waals surface area contributed by atoms with Crippen molar-refractivity contribution in [2.24, 2.45) is 5.10 Å². The minimum absolute atomic E-state index is 0.194. The van der Waals surface area contributed by atoms with Crippen molar-refractivity contribution in [1.29, 1.82) is 0 Å². The van der Waals surface area contributed by atoms with Crippen molar-refractivity contribution in [2.75, 3.05) is 10.2 Å². The molecule has 0 unspecified atom stereocenters. The molecule has 0 bridgehead atoms. The number of nitrogens with zero attached hydrogens (tertiary/aromatic N) is 3. The summed E-state index contributed by atoms with van der Waals surface area (Å²) in [5.41, 5.74) is 4.46. The van der Waals surface area contributed by atoms with E-state index in [1.165, 1.54) is 0 Å². The van der Waals surface area contributed by atoms with Crippen LogP contribution in [-0.4, -0.2) is 16.9 Å². The summed E-state index contributed by atoms with van der Waals surface area (Å²) in [7, 11) is 0. The van der Waals surface area contributed by atoms with Crippen molar-refractivity contribution in [3.05, 3.63) is 96.1 Å². The van der Waals surface area contributed by atoms with Gasteiger partial charge < -0.3 is 5.11 Å². The lowest BCUT2D eigenvalue weighted by molar-refractivity contribution is -0.545. The van der Waals surface area contributed by atoms with E-state index in [-0.39, 0.29) is 5.56 Å². The zero-order valence-corrected chi connectivity index (χ0v) is 13.9. The monoisotopic (exact) mass is 345 g/mol. The van der Waals surface area contributed by atoms with Crippen molar-refractivity contribution >= 4 is 23.2 Å². The van der Waals surface area contributed by atoms with Crippen molar-refractivity contribution in [3.8, 4) is 0 Å². The number of carbonyl (C=O) groups is 1. The molecule has 3 aromatic carbocycles. The number of carboxylic acid groups (broad SMARTS) is 1. The number of aromatic carboxylic acids is 1. The Morgan fingerprint density at radius 3 is 2.15 bits per heavy atom. The zero-order valence-electron chi connectivity index (χ0n) is 13.9. The van der Waals surface area contributed by atoms with Crippen LogP contribution in [0.15, 0.2) is 90.0 Å². The van der Waals surface area contributed by atoms with Crippen LogP contribution in [0.3, 0.4) is 0 Å². The van der Waals surface area contributed by atoms with Gasteiger partial charge >= 0.3 is 5.97 Å². The predicted octanol–water partition coefficient (Wildman–Crippen LogP) is 2.47. The van der Waals surface area contributed by atoms with Crippen LogP contribution < -0.4 is 15.7 Å². The number of carboxylic acids is 1. The van der Waals surface area contributed by atoms with Gasteiger partial charge in [0.05, 0.1) is 11.1 Å². The molecule has 0 aliphatic carbocycles. The van der Waals surface area contributed by atoms with Crippen LogP contribution in [0, 0.1) is 0 Å². The van der Waals surface area contributed by atoms with Gasteiger partial charge in [0.1, 0.15) is 11.4 Å². The molecule has 0 saturated heterocycles. The van der Waals surface area contributed by atoms with E-state index >= 15 is 0 Å². The summed E-state index contributed by atoms with van der Waals surface area (Å²) in [6.45, 7) is 0. The number of hydrazine groups is 1. The maximum atomic E-state index is 11.7. The highest BCUT2D eigenvalue weighted by Crippen LogP contribution is 2.26. The third-order valence-corrected chi connectivity index (χ3v) is 4.09. The molecule has 1 aliphatic rings. The van der Waals surface area contributed by atoms with E-state index in [2.05, 4.69) is 5.10 Å². The first kappa shape index (κ1) is 15.9. The highest BCUT2D eigenvalue weighted by atomic mass is 16.4. The maximum absolute atomic E-state index is 11.7. The first-order valence-corrected chi connectivity index (χ1v) is 8.19. The SMILES string of the molecule is O=C(O)c1ccccc1N1N=C(c2ccccc2)[NH2+]N1c1ccccc1. The zero-order chi connectivity index (χ0) is 17.9. The van der Waals surface area contributed by atoms with E-state index in [1.807, 2.05) is 71.2 Å². The summed E-state index contributed by atoms with van der Waals surface area (Å²) in [5, 5.41) is 17.7. The van der Waals surface area contributed by atoms with E-state index < -0.39 is 5.97 Å². The third-order valence-electron chi connectivity index (χ3n) is 4.09. The Hall–Kier alpha value is -3.64. The fraction of sp³-hybridized carbons (Fsp3) is 0. The number of hydrazone groups is 1. The molecule has 128 valence electrons. The van der Waals surface area contributed by atoms with Gasteiger partial charge in [0.25, 0.3) is 5.84 Å². The molecule has 0 amide bonds. The van der Waals surface area contributed by atoms with Gasteiger partial charge in [0.2, 0.25) is 0 Å². The predicted molar refractivity (Wildman–Crippen MR) is 99.7 cm³/mol. The van der Waals surface area contributed by atoms with Crippen LogP contribution in [0.4, 0.5) is 11.4 Å². The molecule has 4 rings (SSSR count). The molecule has 0 atom stereocenters. The van der Waals surface area contributed by atoms with Crippen LogP contribution in [0.25, 0.3) is 0 Å². The van der Waals surface area contributed by atoms with E-state index in [1.54, 1.807) is 29.4 Å². The molecular weight excluding hydrogens is 328 g/mol.